The van der Waals surface area contributed by atoms with Crippen molar-refractivity contribution in [1.29, 1.82) is 0 Å². The van der Waals surface area contributed by atoms with Crippen molar-refractivity contribution in [2.75, 3.05) is 19.7 Å². The maximum atomic E-state index is 13.9. The Hall–Kier alpha value is -4.04. The van der Waals surface area contributed by atoms with Gasteiger partial charge in [-0.2, -0.15) is 0 Å². The maximum Gasteiger partial charge on any atom is 0.256 e. The van der Waals surface area contributed by atoms with E-state index in [0.29, 0.717) is 43.6 Å². The average Bonchev–Trinajstić information content (AvgIpc) is 3.34. The number of hydrogen-bond donors (Lipinski definition) is 1. The first-order valence-corrected chi connectivity index (χ1v) is 13.5. The molecule has 1 spiro atoms. The second-order valence-corrected chi connectivity index (χ2v) is 10.2. The fourth-order valence-corrected chi connectivity index (χ4v) is 5.42. The van der Waals surface area contributed by atoms with E-state index in [1.54, 1.807) is 23.4 Å². The number of aryl methyl sites for hydroxylation is 2. The lowest BCUT2D eigenvalue weighted by atomic mass is 9.95. The molecule has 0 bridgehead atoms. The number of pyridine rings is 1. The number of nitrogens with one attached hydrogen (secondary N) is 1. The molecule has 0 unspecified atom stereocenters. The van der Waals surface area contributed by atoms with Gasteiger partial charge in [0.1, 0.15) is 11.8 Å². The summed E-state index contributed by atoms with van der Waals surface area (Å²) >= 11 is 0. The number of aromatic nitrogens is 1. The SMILES string of the molecule is CCc1ccc(C(=O)N2CCC3(CC2)OC[C@@H](C(=O)NCc2ccncc2)N3C(=O)c2cccc(C)c2)cc1. The van der Waals surface area contributed by atoms with Crippen LogP contribution in [-0.4, -0.2) is 64.0 Å². The smallest absolute Gasteiger partial charge is 0.256 e. The summed E-state index contributed by atoms with van der Waals surface area (Å²) in [5.41, 5.74) is 3.27. The number of amides is 3. The van der Waals surface area contributed by atoms with Gasteiger partial charge in [-0.3, -0.25) is 24.3 Å². The molecule has 3 heterocycles. The number of hydrogen-bond acceptors (Lipinski definition) is 5. The topological polar surface area (TPSA) is 91.8 Å². The van der Waals surface area contributed by atoms with Crippen LogP contribution in [0.2, 0.25) is 0 Å². The van der Waals surface area contributed by atoms with Crippen LogP contribution in [0.25, 0.3) is 0 Å². The van der Waals surface area contributed by atoms with Gasteiger partial charge in [0.15, 0.2) is 0 Å². The second kappa shape index (κ2) is 11.4. The van der Waals surface area contributed by atoms with E-state index in [2.05, 4.69) is 17.2 Å². The molecular formula is C31H34N4O4. The molecule has 0 aliphatic carbocycles. The van der Waals surface area contributed by atoms with Crippen LogP contribution in [0.1, 0.15) is 57.2 Å². The number of benzene rings is 2. The van der Waals surface area contributed by atoms with Crippen LogP contribution in [0.15, 0.2) is 73.1 Å². The van der Waals surface area contributed by atoms with E-state index in [0.717, 1.165) is 17.5 Å². The van der Waals surface area contributed by atoms with Crippen molar-refractivity contribution >= 4 is 17.7 Å². The molecule has 5 rings (SSSR count). The first-order chi connectivity index (χ1) is 18.9. The molecule has 2 aliphatic rings. The fraction of sp³-hybridized carbons (Fsp3) is 0.355. The van der Waals surface area contributed by atoms with Gasteiger partial charge < -0.3 is 15.0 Å². The van der Waals surface area contributed by atoms with Gasteiger partial charge in [0, 0.05) is 56.0 Å². The molecule has 1 N–H and O–H groups in total. The van der Waals surface area contributed by atoms with Gasteiger partial charge in [-0.05, 0) is 60.9 Å². The Morgan fingerprint density at radius 1 is 0.949 bits per heavy atom. The van der Waals surface area contributed by atoms with Crippen molar-refractivity contribution in [3.05, 3.63) is 101 Å². The van der Waals surface area contributed by atoms with E-state index in [4.69, 9.17) is 4.74 Å². The van der Waals surface area contributed by atoms with E-state index in [9.17, 15) is 14.4 Å². The third kappa shape index (κ3) is 5.56. The normalized spacial score (nSPS) is 18.3. The molecular weight excluding hydrogens is 492 g/mol. The van der Waals surface area contributed by atoms with E-state index in [1.165, 1.54) is 5.56 Å². The molecule has 39 heavy (non-hydrogen) atoms. The number of nitrogens with zero attached hydrogens (tertiary/aromatic N) is 3. The lowest BCUT2D eigenvalue weighted by Crippen LogP contribution is -2.59. The van der Waals surface area contributed by atoms with Crippen LogP contribution >= 0.6 is 0 Å². The highest BCUT2D eigenvalue weighted by Crippen LogP contribution is 2.39. The van der Waals surface area contributed by atoms with Crippen molar-refractivity contribution in [3.63, 3.8) is 0 Å². The Morgan fingerprint density at radius 2 is 1.67 bits per heavy atom. The van der Waals surface area contributed by atoms with Crippen molar-refractivity contribution in [2.24, 2.45) is 0 Å². The highest BCUT2D eigenvalue weighted by molar-refractivity contribution is 5.99. The molecule has 0 saturated carbocycles. The fourth-order valence-electron chi connectivity index (χ4n) is 5.42. The van der Waals surface area contributed by atoms with E-state index in [-0.39, 0.29) is 24.3 Å². The van der Waals surface area contributed by atoms with Crippen molar-refractivity contribution in [2.45, 2.75) is 51.4 Å². The zero-order valence-corrected chi connectivity index (χ0v) is 22.4. The number of rotatable bonds is 6. The van der Waals surface area contributed by atoms with Gasteiger partial charge in [0.2, 0.25) is 5.91 Å². The number of carbonyl (C=O) groups is 3. The van der Waals surface area contributed by atoms with E-state index < -0.39 is 11.8 Å². The lowest BCUT2D eigenvalue weighted by molar-refractivity contribution is -0.128. The number of carbonyl (C=O) groups excluding carboxylic acids is 3. The quantitative estimate of drug-likeness (QED) is 0.528. The maximum absolute atomic E-state index is 13.9. The molecule has 3 aromatic rings. The molecule has 1 aromatic heterocycles. The highest BCUT2D eigenvalue weighted by Gasteiger charge is 2.54. The molecule has 2 aromatic carbocycles. The Kier molecular flexibility index (Phi) is 7.74. The van der Waals surface area contributed by atoms with Gasteiger partial charge in [0.25, 0.3) is 11.8 Å². The first kappa shape index (κ1) is 26.6. The predicted molar refractivity (Wildman–Crippen MR) is 147 cm³/mol. The summed E-state index contributed by atoms with van der Waals surface area (Å²) in [5.74, 6) is -0.539. The van der Waals surface area contributed by atoms with E-state index >= 15 is 0 Å². The summed E-state index contributed by atoms with van der Waals surface area (Å²) in [6, 6.07) is 18.0. The molecule has 1 atom stereocenters. The largest absolute Gasteiger partial charge is 0.353 e. The van der Waals surface area contributed by atoms with Gasteiger partial charge in [-0.1, -0.05) is 36.8 Å². The molecule has 0 radical (unpaired) electrons. The third-order valence-corrected chi connectivity index (χ3v) is 7.70. The highest BCUT2D eigenvalue weighted by atomic mass is 16.5. The molecule has 2 aliphatic heterocycles. The Bertz CT molecular complexity index is 1330. The second-order valence-electron chi connectivity index (χ2n) is 10.2. The number of piperidine rings is 1. The third-order valence-electron chi connectivity index (χ3n) is 7.70. The summed E-state index contributed by atoms with van der Waals surface area (Å²) < 4.78 is 6.31. The van der Waals surface area contributed by atoms with Gasteiger partial charge >= 0.3 is 0 Å². The molecule has 8 nitrogen and oxygen atoms in total. The molecule has 2 saturated heterocycles. The number of likely N-dealkylation sites (tertiary alicyclic amines) is 1. The van der Waals surface area contributed by atoms with Gasteiger partial charge in [-0.25, -0.2) is 0 Å². The van der Waals surface area contributed by atoms with Crippen LogP contribution in [0.4, 0.5) is 0 Å². The molecule has 3 amide bonds. The average molecular weight is 527 g/mol. The van der Waals surface area contributed by atoms with Crippen molar-refractivity contribution < 1.29 is 19.1 Å². The lowest BCUT2D eigenvalue weighted by Gasteiger charge is -2.44. The minimum atomic E-state index is -0.956. The van der Waals surface area contributed by atoms with Gasteiger partial charge in [0.05, 0.1) is 6.61 Å². The van der Waals surface area contributed by atoms with Crippen LogP contribution in [0.3, 0.4) is 0 Å². The minimum Gasteiger partial charge on any atom is -0.353 e. The van der Waals surface area contributed by atoms with Crippen molar-refractivity contribution in [1.82, 2.24) is 20.1 Å². The van der Waals surface area contributed by atoms with Crippen LogP contribution < -0.4 is 5.32 Å². The van der Waals surface area contributed by atoms with Crippen LogP contribution in [0.5, 0.6) is 0 Å². The zero-order chi connectivity index (χ0) is 27.4. The zero-order valence-electron chi connectivity index (χ0n) is 22.4. The Labute approximate surface area is 229 Å². The minimum absolute atomic E-state index is 0.0336. The van der Waals surface area contributed by atoms with Gasteiger partial charge in [-0.15, -0.1) is 0 Å². The van der Waals surface area contributed by atoms with Crippen molar-refractivity contribution in [3.8, 4) is 0 Å². The van der Waals surface area contributed by atoms with Crippen LogP contribution in [0, 0.1) is 6.92 Å². The Morgan fingerprint density at radius 3 is 2.33 bits per heavy atom. The Balaban J connectivity index is 1.35. The summed E-state index contributed by atoms with van der Waals surface area (Å²) in [5, 5.41) is 2.96. The number of ether oxygens (including phenoxy) is 1. The summed E-state index contributed by atoms with van der Waals surface area (Å²) in [6.45, 7) is 5.30. The summed E-state index contributed by atoms with van der Waals surface area (Å²) in [6.07, 6.45) is 5.13. The van der Waals surface area contributed by atoms with E-state index in [1.807, 2.05) is 66.4 Å². The monoisotopic (exact) mass is 526 g/mol. The predicted octanol–water partition coefficient (Wildman–Crippen LogP) is 3.74. The molecule has 8 heteroatoms. The molecule has 202 valence electrons. The van der Waals surface area contributed by atoms with Crippen LogP contribution in [-0.2, 0) is 22.5 Å². The first-order valence-electron chi connectivity index (χ1n) is 13.5. The summed E-state index contributed by atoms with van der Waals surface area (Å²) in [4.78, 5) is 48.0. The standard InChI is InChI=1S/C31H34N4O4/c1-3-23-7-9-25(10-8-23)29(37)34-17-13-31(14-18-34)35(30(38)26-6-4-5-22(2)19-26)27(21-39-31)28(36)33-20-24-11-15-32-16-12-24/h4-12,15-16,19,27H,3,13-14,17-18,20-21H2,1-2H3,(H,33,36)/t27-/m0/s1. The summed E-state index contributed by atoms with van der Waals surface area (Å²) in [7, 11) is 0. The molecule has 2 fully saturated rings.